The lowest BCUT2D eigenvalue weighted by molar-refractivity contribution is -0.151. The van der Waals surface area contributed by atoms with Crippen LogP contribution >= 0.6 is 0 Å². The number of hydrogen-bond donors (Lipinski definition) is 1. The lowest BCUT2D eigenvalue weighted by atomic mass is 9.51. The first-order valence-electron chi connectivity index (χ1n) is 11.9. The van der Waals surface area contributed by atoms with Gasteiger partial charge in [0.15, 0.2) is 11.6 Å². The third-order valence-electron chi connectivity index (χ3n) is 8.94. The monoisotopic (exact) mass is 428 g/mol. The van der Waals surface area contributed by atoms with E-state index >= 15 is 0 Å². The van der Waals surface area contributed by atoms with E-state index in [1.807, 2.05) is 6.08 Å². The number of ether oxygens (including phenoxy) is 1. The van der Waals surface area contributed by atoms with Crippen LogP contribution in [0.3, 0.4) is 0 Å². The van der Waals surface area contributed by atoms with Gasteiger partial charge in [-0.25, -0.2) is 0 Å². The average Bonchev–Trinajstić information content (AvgIpc) is 3.01. The summed E-state index contributed by atoms with van der Waals surface area (Å²) in [6, 6.07) is 0. The van der Waals surface area contributed by atoms with Gasteiger partial charge in [-0.2, -0.15) is 0 Å². The molecule has 1 N–H and O–H groups in total. The fourth-order valence-electron chi connectivity index (χ4n) is 7.45. The Kier molecular flexibility index (Phi) is 6.01. The Hall–Kier alpha value is -1.75. The van der Waals surface area contributed by atoms with Gasteiger partial charge in [-0.15, -0.1) is 0 Å². The highest BCUT2D eigenvalue weighted by atomic mass is 16.5. The minimum absolute atomic E-state index is 0.00568. The van der Waals surface area contributed by atoms with Crippen molar-refractivity contribution in [2.24, 2.45) is 34.5 Å². The number of fused-ring (bicyclic) bond motifs is 5. The van der Waals surface area contributed by atoms with E-state index in [1.54, 1.807) is 0 Å². The van der Waals surface area contributed by atoms with Gasteiger partial charge in [0.2, 0.25) is 0 Å². The quantitative estimate of drug-likeness (QED) is 0.507. The van der Waals surface area contributed by atoms with Crippen molar-refractivity contribution in [3.63, 3.8) is 0 Å². The van der Waals surface area contributed by atoms with E-state index in [4.69, 9.17) is 9.84 Å². The van der Waals surface area contributed by atoms with Crippen LogP contribution in [0.1, 0.15) is 72.1 Å². The number of carbonyl (C=O) groups is 3. The van der Waals surface area contributed by atoms with E-state index in [0.717, 1.165) is 32.1 Å². The van der Waals surface area contributed by atoms with Gasteiger partial charge in [-0.3, -0.25) is 14.4 Å². The number of carbonyl (C=O) groups excluding carboxylic acids is 3. The summed E-state index contributed by atoms with van der Waals surface area (Å²) in [4.78, 5) is 37.0. The molecule has 5 nitrogen and oxygen atoms in total. The van der Waals surface area contributed by atoms with Crippen molar-refractivity contribution in [2.45, 2.75) is 72.1 Å². The molecule has 4 aliphatic rings. The Labute approximate surface area is 185 Å². The number of aliphatic hydroxyl groups excluding tert-OH is 1. The molecule has 0 amide bonds. The van der Waals surface area contributed by atoms with E-state index in [2.05, 4.69) is 26.8 Å². The Morgan fingerprint density at radius 2 is 2.03 bits per heavy atom. The molecule has 2 saturated carbocycles. The maximum atomic E-state index is 13.2. The highest BCUT2D eigenvalue weighted by molar-refractivity contribution is 5.92. The molecule has 0 heterocycles. The molecule has 0 aromatic heterocycles. The zero-order valence-electron chi connectivity index (χ0n) is 19.1. The minimum atomic E-state index is -0.410. The Bertz CT molecular complexity index is 839. The van der Waals surface area contributed by atoms with E-state index < -0.39 is 5.97 Å². The van der Waals surface area contributed by atoms with Crippen molar-refractivity contribution in [3.05, 3.63) is 23.3 Å². The third kappa shape index (κ3) is 3.73. The lowest BCUT2D eigenvalue weighted by Gasteiger charge is -2.53. The molecule has 0 aromatic carbocycles. The number of hydrogen-bond acceptors (Lipinski definition) is 5. The van der Waals surface area contributed by atoms with Gasteiger partial charge < -0.3 is 9.84 Å². The van der Waals surface area contributed by atoms with Crippen molar-refractivity contribution in [3.8, 4) is 0 Å². The summed E-state index contributed by atoms with van der Waals surface area (Å²) < 4.78 is 5.24. The number of ketones is 2. The van der Waals surface area contributed by atoms with E-state index in [-0.39, 0.29) is 53.9 Å². The largest absolute Gasteiger partial charge is 0.458 e. The van der Waals surface area contributed by atoms with Gasteiger partial charge in [0.05, 0.1) is 0 Å². The molecule has 0 spiro atoms. The fraction of sp³-hybridized carbons (Fsp3) is 0.731. The average molecular weight is 429 g/mol. The number of Topliss-reactive ketones (excluding diaryl/α,β-unsaturated/α-hetero) is 1. The van der Waals surface area contributed by atoms with Crippen LogP contribution in [0.5, 0.6) is 0 Å². The van der Waals surface area contributed by atoms with Crippen LogP contribution in [0.4, 0.5) is 0 Å². The van der Waals surface area contributed by atoms with Crippen molar-refractivity contribution >= 4 is 17.5 Å². The van der Waals surface area contributed by atoms with Crippen molar-refractivity contribution in [2.75, 3.05) is 13.2 Å². The van der Waals surface area contributed by atoms with Gasteiger partial charge in [-0.05, 0) is 67.8 Å². The number of allylic oxidation sites excluding steroid dienone is 4. The first kappa shape index (κ1) is 22.4. The molecule has 0 radical (unpaired) electrons. The topological polar surface area (TPSA) is 80.7 Å². The van der Waals surface area contributed by atoms with Gasteiger partial charge in [-0.1, -0.05) is 38.0 Å². The van der Waals surface area contributed by atoms with Crippen LogP contribution in [-0.2, 0) is 19.1 Å². The van der Waals surface area contributed by atoms with E-state index in [9.17, 15) is 14.4 Å². The molecular weight excluding hydrogens is 392 g/mol. The maximum absolute atomic E-state index is 13.2. The van der Waals surface area contributed by atoms with Crippen molar-refractivity contribution in [1.82, 2.24) is 0 Å². The Morgan fingerprint density at radius 1 is 1.26 bits per heavy atom. The molecule has 31 heavy (non-hydrogen) atoms. The standard InChI is InChI=1S/C26H36O5/c1-16-13-21-19-7-6-17-14-18(28)8-10-25(17,2)20(19)9-11-26(21,3)24(16)22(29)15-31-23(30)5-4-12-27/h9,14,16,19,21,24,27H,4-8,10-13,15H2,1-3H3/t16-,19?,21?,24-,25+,26+/m1/s1. The second kappa shape index (κ2) is 8.31. The first-order valence-corrected chi connectivity index (χ1v) is 11.9. The summed E-state index contributed by atoms with van der Waals surface area (Å²) >= 11 is 0. The van der Waals surface area contributed by atoms with Crippen LogP contribution in [0.25, 0.3) is 0 Å². The van der Waals surface area contributed by atoms with E-state index in [1.165, 1.54) is 11.1 Å². The van der Waals surface area contributed by atoms with Crippen LogP contribution in [0.15, 0.2) is 23.3 Å². The highest BCUT2D eigenvalue weighted by Crippen LogP contribution is 2.65. The summed E-state index contributed by atoms with van der Waals surface area (Å²) in [5.41, 5.74) is 2.72. The predicted molar refractivity (Wildman–Crippen MR) is 117 cm³/mol. The molecule has 170 valence electrons. The van der Waals surface area contributed by atoms with E-state index in [0.29, 0.717) is 24.7 Å². The van der Waals surface area contributed by atoms with Crippen LogP contribution < -0.4 is 0 Å². The second-order valence-electron chi connectivity index (χ2n) is 10.7. The molecule has 2 unspecified atom stereocenters. The minimum Gasteiger partial charge on any atom is -0.458 e. The summed E-state index contributed by atoms with van der Waals surface area (Å²) in [7, 11) is 0. The second-order valence-corrected chi connectivity index (χ2v) is 10.7. The van der Waals surface area contributed by atoms with Crippen molar-refractivity contribution < 1.29 is 24.2 Å². The molecule has 0 aromatic rings. The Balaban J connectivity index is 1.54. The molecule has 6 atom stereocenters. The summed E-state index contributed by atoms with van der Waals surface area (Å²) in [5, 5.41) is 8.86. The van der Waals surface area contributed by atoms with Gasteiger partial charge in [0, 0.05) is 30.8 Å². The van der Waals surface area contributed by atoms with Crippen molar-refractivity contribution in [1.29, 1.82) is 0 Å². The molecule has 4 aliphatic carbocycles. The normalized spacial score (nSPS) is 39.0. The van der Waals surface area contributed by atoms with Gasteiger partial charge in [0.1, 0.15) is 6.61 Å². The molecule has 0 bridgehead atoms. The van der Waals surface area contributed by atoms with Crippen LogP contribution in [0.2, 0.25) is 0 Å². The molecule has 5 heteroatoms. The molecular formula is C26H36O5. The fourth-order valence-corrected chi connectivity index (χ4v) is 7.45. The summed E-state index contributed by atoms with van der Waals surface area (Å²) in [5.74, 6) is 0.993. The van der Waals surface area contributed by atoms with Gasteiger partial charge >= 0.3 is 5.97 Å². The zero-order chi connectivity index (χ0) is 22.4. The maximum Gasteiger partial charge on any atom is 0.306 e. The predicted octanol–water partition coefficient (Wildman–Crippen LogP) is 4.19. The van der Waals surface area contributed by atoms with Gasteiger partial charge in [0.25, 0.3) is 0 Å². The summed E-state index contributed by atoms with van der Waals surface area (Å²) in [6.45, 7) is 6.55. The highest BCUT2D eigenvalue weighted by Gasteiger charge is 2.59. The molecule has 0 aliphatic heterocycles. The first-order chi connectivity index (χ1) is 14.7. The number of aliphatic hydroxyl groups is 1. The van der Waals surface area contributed by atoms with Crippen LogP contribution in [-0.4, -0.2) is 35.9 Å². The Morgan fingerprint density at radius 3 is 2.77 bits per heavy atom. The molecule has 0 saturated heterocycles. The summed E-state index contributed by atoms with van der Waals surface area (Å²) in [6.07, 6.45) is 10.3. The third-order valence-corrected chi connectivity index (χ3v) is 8.94. The lowest BCUT2D eigenvalue weighted by Crippen LogP contribution is -2.46. The molecule has 2 fully saturated rings. The zero-order valence-corrected chi connectivity index (χ0v) is 19.1. The SMILES string of the molecule is C[C@@H]1CC2C3CCC4=CC(=O)CC[C@]4(C)C3=CC[C@]2(C)[C@H]1C(=O)COC(=O)CCCO. The number of esters is 1. The number of rotatable bonds is 6. The van der Waals surface area contributed by atoms with Crippen LogP contribution in [0, 0.1) is 34.5 Å². The smallest absolute Gasteiger partial charge is 0.306 e. The molecule has 4 rings (SSSR count).